The molecule has 3 aromatic rings. The van der Waals surface area contributed by atoms with Crippen molar-refractivity contribution in [1.29, 1.82) is 0 Å². The molecule has 0 bridgehead atoms. The van der Waals surface area contributed by atoms with Crippen molar-refractivity contribution in [2.45, 2.75) is 26.6 Å². The molecule has 0 saturated carbocycles. The molecule has 0 saturated heterocycles. The molecule has 0 atom stereocenters. The van der Waals surface area contributed by atoms with Gasteiger partial charge in [0, 0.05) is 11.3 Å². The average Bonchev–Trinajstić information content (AvgIpc) is 3.19. The fraction of sp³-hybridized carbons (Fsp3) is 0.214. The summed E-state index contributed by atoms with van der Waals surface area (Å²) in [5, 5.41) is 0. The summed E-state index contributed by atoms with van der Waals surface area (Å²) in [6, 6.07) is 15.5. The van der Waals surface area contributed by atoms with Gasteiger partial charge < -0.3 is 14.4 Å². The number of aryl methyl sites for hydroxylation is 1. The van der Waals surface area contributed by atoms with Gasteiger partial charge in [0.05, 0.1) is 18.7 Å². The number of esters is 1. The third-order valence-electron chi connectivity index (χ3n) is 5.82. The van der Waals surface area contributed by atoms with Crippen LogP contribution >= 0.6 is 0 Å². The van der Waals surface area contributed by atoms with Crippen molar-refractivity contribution >= 4 is 29.7 Å². The van der Waals surface area contributed by atoms with Gasteiger partial charge in [0.1, 0.15) is 5.75 Å². The Labute approximate surface area is 206 Å². The van der Waals surface area contributed by atoms with E-state index in [4.69, 9.17) is 9.47 Å². The monoisotopic (exact) mass is 495 g/mol. The number of hydrogen-bond donors (Lipinski definition) is 0. The minimum atomic E-state index is -4.43. The molecule has 0 spiro atoms. The fourth-order valence-corrected chi connectivity index (χ4v) is 4.02. The molecular weight excluding hydrogens is 471 g/mol. The summed E-state index contributed by atoms with van der Waals surface area (Å²) in [5.74, 6) is -0.101. The van der Waals surface area contributed by atoms with E-state index in [2.05, 4.69) is 0 Å². The van der Waals surface area contributed by atoms with Crippen LogP contribution in [0.25, 0.3) is 12.2 Å². The molecule has 186 valence electrons. The summed E-state index contributed by atoms with van der Waals surface area (Å²) in [4.78, 5) is 26.0. The lowest BCUT2D eigenvalue weighted by atomic mass is 10.0. The summed E-state index contributed by atoms with van der Waals surface area (Å²) in [6.45, 7) is 4.00. The maximum absolute atomic E-state index is 13.0. The summed E-state index contributed by atoms with van der Waals surface area (Å²) in [6.07, 6.45) is -0.628. The highest BCUT2D eigenvalue weighted by Crippen LogP contribution is 2.34. The zero-order valence-corrected chi connectivity index (χ0v) is 19.8. The minimum Gasteiger partial charge on any atom is -0.482 e. The number of carbonyl (C=O) groups is 2. The van der Waals surface area contributed by atoms with Crippen LogP contribution in [0.15, 0.2) is 60.7 Å². The van der Waals surface area contributed by atoms with E-state index in [1.54, 1.807) is 25.1 Å². The van der Waals surface area contributed by atoms with Gasteiger partial charge >= 0.3 is 12.1 Å². The quantitative estimate of drug-likeness (QED) is 0.286. The molecule has 1 aliphatic heterocycles. The number of fused-ring (bicyclic) bond motifs is 1. The number of rotatable bonds is 7. The van der Waals surface area contributed by atoms with Crippen molar-refractivity contribution in [3.8, 4) is 5.75 Å². The van der Waals surface area contributed by atoms with Crippen molar-refractivity contribution in [2.24, 2.45) is 0 Å². The molecule has 0 unspecified atom stereocenters. The van der Waals surface area contributed by atoms with Gasteiger partial charge in [0.25, 0.3) is 5.91 Å². The average molecular weight is 495 g/mol. The Balaban J connectivity index is 1.50. The summed E-state index contributed by atoms with van der Waals surface area (Å²) in [7, 11) is 0. The van der Waals surface area contributed by atoms with Crippen molar-refractivity contribution in [2.75, 3.05) is 18.1 Å². The van der Waals surface area contributed by atoms with Crippen LogP contribution in [0, 0.1) is 6.92 Å². The van der Waals surface area contributed by atoms with E-state index in [1.165, 1.54) is 17.0 Å². The lowest BCUT2D eigenvalue weighted by Gasteiger charge is -2.17. The predicted molar refractivity (Wildman–Crippen MR) is 131 cm³/mol. The number of halogens is 3. The number of anilines is 1. The third-order valence-corrected chi connectivity index (χ3v) is 5.82. The van der Waals surface area contributed by atoms with Gasteiger partial charge in [0.2, 0.25) is 0 Å². The number of alkyl halides is 3. The molecule has 8 heteroatoms. The Morgan fingerprint density at radius 3 is 2.47 bits per heavy atom. The molecule has 1 amide bonds. The number of amides is 1. The first-order valence-corrected chi connectivity index (χ1v) is 11.4. The van der Waals surface area contributed by atoms with Gasteiger partial charge in [-0.25, -0.2) is 4.79 Å². The Bertz CT molecular complexity index is 1310. The molecule has 0 aromatic heterocycles. The standard InChI is InChI=1S/C28H24F3NO4/c1-3-35-26(33)17-36-25-14-8-19(15-18(25)2)7-9-20-5-4-6-23-24(20)16-32(27(23)34)22-12-10-21(11-13-22)28(29,30)31/h4-15H,3,16-17H2,1-2H3/b9-7+. The second-order valence-electron chi connectivity index (χ2n) is 8.26. The summed E-state index contributed by atoms with van der Waals surface area (Å²) < 4.78 is 49.1. The van der Waals surface area contributed by atoms with Crippen LogP contribution in [0.3, 0.4) is 0 Å². The van der Waals surface area contributed by atoms with Crippen LogP contribution in [0.4, 0.5) is 18.9 Å². The van der Waals surface area contributed by atoms with Gasteiger partial charge in [-0.05, 0) is 78.6 Å². The van der Waals surface area contributed by atoms with Crippen LogP contribution < -0.4 is 9.64 Å². The Hall–Kier alpha value is -4.07. The zero-order valence-electron chi connectivity index (χ0n) is 19.8. The van der Waals surface area contributed by atoms with E-state index in [9.17, 15) is 22.8 Å². The molecule has 0 aliphatic carbocycles. The highest BCUT2D eigenvalue weighted by atomic mass is 19.4. The lowest BCUT2D eigenvalue weighted by molar-refractivity contribution is -0.145. The molecule has 0 fully saturated rings. The topological polar surface area (TPSA) is 55.8 Å². The summed E-state index contributed by atoms with van der Waals surface area (Å²) in [5.41, 5.74) is 3.58. The highest BCUT2D eigenvalue weighted by Gasteiger charge is 2.32. The number of benzene rings is 3. The van der Waals surface area contributed by atoms with Crippen LogP contribution in [-0.4, -0.2) is 25.1 Å². The van der Waals surface area contributed by atoms with Crippen LogP contribution in [-0.2, 0) is 22.3 Å². The predicted octanol–water partition coefficient (Wildman–Crippen LogP) is 6.29. The maximum atomic E-state index is 13.0. The smallest absolute Gasteiger partial charge is 0.416 e. The van der Waals surface area contributed by atoms with Crippen LogP contribution in [0.1, 0.15) is 45.1 Å². The van der Waals surface area contributed by atoms with Gasteiger partial charge in [0.15, 0.2) is 6.61 Å². The number of hydrogen-bond acceptors (Lipinski definition) is 4. The molecule has 0 N–H and O–H groups in total. The molecule has 0 radical (unpaired) electrons. The second kappa shape index (κ2) is 10.3. The van der Waals surface area contributed by atoms with E-state index >= 15 is 0 Å². The molecular formula is C28H24F3NO4. The minimum absolute atomic E-state index is 0.163. The first kappa shape index (κ1) is 25.0. The number of ether oxygens (including phenoxy) is 2. The van der Waals surface area contributed by atoms with Gasteiger partial charge in [-0.1, -0.05) is 30.4 Å². The second-order valence-corrected chi connectivity index (χ2v) is 8.26. The van der Waals surface area contributed by atoms with Crippen molar-refractivity contribution in [3.05, 3.63) is 94.0 Å². The molecule has 4 rings (SSSR count). The largest absolute Gasteiger partial charge is 0.482 e. The van der Waals surface area contributed by atoms with E-state index in [1.807, 2.05) is 37.3 Å². The van der Waals surface area contributed by atoms with Crippen LogP contribution in [0.5, 0.6) is 5.75 Å². The van der Waals surface area contributed by atoms with Gasteiger partial charge in [-0.15, -0.1) is 0 Å². The van der Waals surface area contributed by atoms with E-state index in [0.29, 0.717) is 23.6 Å². The van der Waals surface area contributed by atoms with Crippen LogP contribution in [0.2, 0.25) is 0 Å². The van der Waals surface area contributed by atoms with Crippen molar-refractivity contribution in [3.63, 3.8) is 0 Å². The van der Waals surface area contributed by atoms with E-state index in [-0.39, 0.29) is 19.1 Å². The summed E-state index contributed by atoms with van der Waals surface area (Å²) >= 11 is 0. The fourth-order valence-electron chi connectivity index (χ4n) is 4.02. The van der Waals surface area contributed by atoms with E-state index in [0.717, 1.165) is 34.4 Å². The van der Waals surface area contributed by atoms with Crippen molar-refractivity contribution in [1.82, 2.24) is 0 Å². The van der Waals surface area contributed by atoms with E-state index < -0.39 is 17.7 Å². The normalized spacial score (nSPS) is 13.2. The van der Waals surface area contributed by atoms with Gasteiger partial charge in [-0.3, -0.25) is 4.79 Å². The molecule has 1 heterocycles. The maximum Gasteiger partial charge on any atom is 0.416 e. The van der Waals surface area contributed by atoms with Gasteiger partial charge in [-0.2, -0.15) is 13.2 Å². The number of carbonyl (C=O) groups excluding carboxylic acids is 2. The highest BCUT2D eigenvalue weighted by molar-refractivity contribution is 6.10. The first-order chi connectivity index (χ1) is 17.2. The third kappa shape index (κ3) is 5.43. The number of nitrogens with zero attached hydrogens (tertiary/aromatic N) is 1. The Morgan fingerprint density at radius 1 is 1.06 bits per heavy atom. The van der Waals surface area contributed by atoms with Crippen molar-refractivity contribution < 1.29 is 32.2 Å². The Morgan fingerprint density at radius 2 is 1.81 bits per heavy atom. The Kier molecular flexibility index (Phi) is 7.15. The molecule has 5 nitrogen and oxygen atoms in total. The zero-order chi connectivity index (χ0) is 25.9. The lowest BCUT2D eigenvalue weighted by Crippen LogP contribution is -2.23. The first-order valence-electron chi connectivity index (χ1n) is 11.4. The molecule has 3 aromatic carbocycles. The molecule has 1 aliphatic rings. The molecule has 36 heavy (non-hydrogen) atoms. The SMILES string of the molecule is CCOC(=O)COc1ccc(/C=C/c2cccc3c2CN(c2ccc(C(F)(F)F)cc2)C3=O)cc1C.